The fourth-order valence-corrected chi connectivity index (χ4v) is 3.62. The Bertz CT molecular complexity index is 844. The summed E-state index contributed by atoms with van der Waals surface area (Å²) in [6, 6.07) is 6.89. The molecule has 1 aromatic carbocycles. The second-order valence-electron chi connectivity index (χ2n) is 6.40. The molecule has 1 aromatic heterocycles. The summed E-state index contributed by atoms with van der Waals surface area (Å²) in [4.78, 5) is 23.3. The molecule has 2 heterocycles. The van der Waals surface area contributed by atoms with Crippen molar-refractivity contribution in [2.45, 2.75) is 12.5 Å². The van der Waals surface area contributed by atoms with Gasteiger partial charge in [-0.05, 0) is 30.7 Å². The van der Waals surface area contributed by atoms with E-state index in [9.17, 15) is 9.59 Å². The van der Waals surface area contributed by atoms with Crippen LogP contribution >= 0.6 is 11.8 Å². The van der Waals surface area contributed by atoms with Gasteiger partial charge in [-0.15, -0.1) is 0 Å². The Hall–Kier alpha value is -2.88. The number of hydrogen-bond donors (Lipinski definition) is 3. The van der Waals surface area contributed by atoms with Crippen molar-refractivity contribution in [3.05, 3.63) is 36.7 Å². The summed E-state index contributed by atoms with van der Waals surface area (Å²) in [6.07, 6.45) is 4.53. The molecule has 10 heteroatoms. The van der Waals surface area contributed by atoms with Gasteiger partial charge in [0.1, 0.15) is 11.7 Å². The fraction of sp³-hybridized carbons (Fsp3) is 0.389. The smallest absolute Gasteiger partial charge is 0.383 e. The fourth-order valence-electron chi connectivity index (χ4n) is 2.69. The minimum absolute atomic E-state index is 0.0337. The number of hydrogen-bond acceptors (Lipinski definition) is 6. The second-order valence-corrected chi connectivity index (χ2v) is 7.50. The Kier molecular flexibility index (Phi) is 6.64. The summed E-state index contributed by atoms with van der Waals surface area (Å²) < 4.78 is 3.79. The average molecular weight is 403 g/mol. The molecule has 1 unspecified atom stereocenters. The Morgan fingerprint density at radius 3 is 2.71 bits per heavy atom. The van der Waals surface area contributed by atoms with Crippen molar-refractivity contribution in [1.29, 1.82) is 0 Å². The van der Waals surface area contributed by atoms with Crippen LogP contribution in [-0.2, 0) is 18.9 Å². The van der Waals surface area contributed by atoms with Gasteiger partial charge in [0.15, 0.2) is 0 Å². The lowest BCUT2D eigenvalue weighted by Crippen LogP contribution is -2.44. The van der Waals surface area contributed by atoms with Gasteiger partial charge in [0.05, 0.1) is 26.5 Å². The monoisotopic (exact) mass is 402 g/mol. The first-order valence-corrected chi connectivity index (χ1v) is 9.99. The molecule has 0 aliphatic carbocycles. The molecule has 148 valence electrons. The van der Waals surface area contributed by atoms with Crippen LogP contribution in [0.15, 0.2) is 46.9 Å². The summed E-state index contributed by atoms with van der Waals surface area (Å²) in [6.45, 7) is 1.02. The minimum atomic E-state index is -0.363. The molecule has 0 radical (unpaired) electrons. The number of urea groups is 1. The third kappa shape index (κ3) is 5.32. The molecule has 0 spiro atoms. The van der Waals surface area contributed by atoms with Crippen LogP contribution in [0.2, 0.25) is 0 Å². The summed E-state index contributed by atoms with van der Waals surface area (Å²) >= 11 is 1.27. The van der Waals surface area contributed by atoms with Crippen molar-refractivity contribution in [3.63, 3.8) is 0 Å². The SMILES string of the molecule is Cn1cc[n+](C)c1/N=N/c1ccc(NCCNC(=O)NC2CCSC2=O)cc1. The van der Waals surface area contributed by atoms with Crippen LogP contribution in [0.25, 0.3) is 0 Å². The summed E-state index contributed by atoms with van der Waals surface area (Å²) in [7, 11) is 3.83. The molecule has 3 rings (SSSR count). The Morgan fingerprint density at radius 2 is 2.07 bits per heavy atom. The Labute approximate surface area is 167 Å². The first-order chi connectivity index (χ1) is 13.5. The number of thioether (sulfide) groups is 1. The van der Waals surface area contributed by atoms with E-state index in [1.165, 1.54) is 11.8 Å². The minimum Gasteiger partial charge on any atom is -0.383 e. The molecule has 1 fully saturated rings. The number of nitrogens with one attached hydrogen (secondary N) is 3. The van der Waals surface area contributed by atoms with Crippen LogP contribution in [-0.4, -0.2) is 40.6 Å². The van der Waals surface area contributed by atoms with E-state index in [-0.39, 0.29) is 17.2 Å². The normalized spacial score (nSPS) is 16.5. The molecule has 3 N–H and O–H groups in total. The molecule has 2 amide bonds. The van der Waals surface area contributed by atoms with Gasteiger partial charge in [-0.1, -0.05) is 16.9 Å². The summed E-state index contributed by atoms with van der Waals surface area (Å²) in [5.41, 5.74) is 1.68. The number of imidazole rings is 1. The molecule has 1 saturated heterocycles. The number of azo groups is 1. The van der Waals surface area contributed by atoms with E-state index in [2.05, 4.69) is 26.2 Å². The van der Waals surface area contributed by atoms with E-state index in [0.29, 0.717) is 19.5 Å². The highest BCUT2D eigenvalue weighted by Crippen LogP contribution is 2.19. The zero-order chi connectivity index (χ0) is 19.9. The van der Waals surface area contributed by atoms with E-state index >= 15 is 0 Å². The van der Waals surface area contributed by atoms with E-state index in [1.807, 2.05) is 59.9 Å². The Balaban J connectivity index is 1.40. The summed E-state index contributed by atoms with van der Waals surface area (Å²) in [5.74, 6) is 1.52. The average Bonchev–Trinajstić information content (AvgIpc) is 3.23. The van der Waals surface area contributed by atoms with Crippen molar-refractivity contribution < 1.29 is 14.2 Å². The highest BCUT2D eigenvalue weighted by atomic mass is 32.2. The molecule has 9 nitrogen and oxygen atoms in total. The van der Waals surface area contributed by atoms with Crippen LogP contribution in [0.1, 0.15) is 6.42 Å². The van der Waals surface area contributed by atoms with Crippen molar-refractivity contribution in [2.24, 2.45) is 24.3 Å². The number of benzene rings is 1. The molecule has 0 bridgehead atoms. The third-order valence-electron chi connectivity index (χ3n) is 4.25. The highest BCUT2D eigenvalue weighted by molar-refractivity contribution is 8.14. The predicted octanol–water partition coefficient (Wildman–Crippen LogP) is 2.01. The van der Waals surface area contributed by atoms with Crippen LogP contribution in [0.3, 0.4) is 0 Å². The van der Waals surface area contributed by atoms with Gasteiger partial charge in [-0.25, -0.2) is 13.9 Å². The quantitative estimate of drug-likeness (QED) is 0.374. The number of carbonyl (C=O) groups excluding carboxylic acids is 2. The van der Waals surface area contributed by atoms with Crippen LogP contribution in [0.4, 0.5) is 22.1 Å². The first kappa shape index (κ1) is 19.9. The third-order valence-corrected chi connectivity index (χ3v) is 5.26. The van der Waals surface area contributed by atoms with Crippen molar-refractivity contribution in [1.82, 2.24) is 15.2 Å². The molecular formula is C18H24N7O2S+. The number of aromatic nitrogens is 2. The van der Waals surface area contributed by atoms with Gasteiger partial charge in [0.25, 0.3) is 0 Å². The summed E-state index contributed by atoms with van der Waals surface area (Å²) in [5, 5.41) is 17.2. The van der Waals surface area contributed by atoms with Crippen LogP contribution < -0.4 is 20.5 Å². The van der Waals surface area contributed by atoms with Gasteiger partial charge < -0.3 is 16.0 Å². The van der Waals surface area contributed by atoms with Gasteiger partial charge in [-0.2, -0.15) is 0 Å². The van der Waals surface area contributed by atoms with Crippen LogP contribution in [0, 0.1) is 0 Å². The Morgan fingerprint density at radius 1 is 1.29 bits per heavy atom. The molecule has 2 aromatic rings. The molecule has 1 atom stereocenters. The molecular weight excluding hydrogens is 378 g/mol. The lowest BCUT2D eigenvalue weighted by molar-refractivity contribution is -0.657. The topological polar surface area (TPSA) is 104 Å². The van der Waals surface area contributed by atoms with Crippen LogP contribution in [0.5, 0.6) is 0 Å². The predicted molar refractivity (Wildman–Crippen MR) is 108 cm³/mol. The van der Waals surface area contributed by atoms with E-state index < -0.39 is 0 Å². The van der Waals surface area contributed by atoms with E-state index in [0.717, 1.165) is 23.1 Å². The van der Waals surface area contributed by atoms with Gasteiger partial charge in [0, 0.05) is 29.6 Å². The van der Waals surface area contributed by atoms with Gasteiger partial charge >= 0.3 is 12.0 Å². The van der Waals surface area contributed by atoms with Gasteiger partial charge in [0.2, 0.25) is 5.12 Å². The first-order valence-electron chi connectivity index (χ1n) is 9.00. The van der Waals surface area contributed by atoms with E-state index in [4.69, 9.17) is 0 Å². The maximum Gasteiger partial charge on any atom is 0.421 e. The number of nitrogens with zero attached hydrogens (tertiary/aromatic N) is 4. The lowest BCUT2D eigenvalue weighted by Gasteiger charge is -2.12. The number of carbonyl (C=O) groups is 2. The standard InChI is InChI=1S/C18H23N7O2S/c1-24-10-11-25(2)18(24)23-22-14-5-3-13(4-6-14)19-8-9-20-17(27)21-15-7-12-28-16(15)26/h3-6,10-11,15H,7-9,12H2,1-2H3,(H2,20,21,27)/p+1. The molecule has 0 saturated carbocycles. The zero-order valence-corrected chi connectivity index (χ0v) is 16.7. The lowest BCUT2D eigenvalue weighted by atomic mass is 10.2. The second kappa shape index (κ2) is 9.36. The molecule has 1 aliphatic heterocycles. The highest BCUT2D eigenvalue weighted by Gasteiger charge is 2.26. The number of aryl methyl sites for hydroxylation is 2. The van der Waals surface area contributed by atoms with E-state index in [1.54, 1.807) is 0 Å². The van der Waals surface area contributed by atoms with Crippen molar-refractivity contribution in [3.8, 4) is 0 Å². The van der Waals surface area contributed by atoms with Gasteiger partial charge in [-0.3, -0.25) is 4.79 Å². The maximum absolute atomic E-state index is 11.8. The van der Waals surface area contributed by atoms with Crippen molar-refractivity contribution >= 4 is 40.2 Å². The molecule has 28 heavy (non-hydrogen) atoms. The molecule has 1 aliphatic rings. The number of rotatable bonds is 7. The largest absolute Gasteiger partial charge is 0.421 e. The van der Waals surface area contributed by atoms with Crippen molar-refractivity contribution in [2.75, 3.05) is 24.2 Å². The zero-order valence-electron chi connectivity index (χ0n) is 15.9. The number of anilines is 1. The maximum atomic E-state index is 11.8. The number of amides is 2.